The van der Waals surface area contributed by atoms with E-state index in [1.165, 1.54) is 5.56 Å². The topological polar surface area (TPSA) is 20.2 Å². The van der Waals surface area contributed by atoms with Crippen LogP contribution in [0, 0.1) is 0 Å². The van der Waals surface area contributed by atoms with E-state index in [1.54, 1.807) is 18.2 Å². The monoisotopic (exact) mass is 232 g/mol. The minimum Gasteiger partial charge on any atom is -0.507 e. The first-order chi connectivity index (χ1) is 7.70. The zero-order valence-corrected chi connectivity index (χ0v) is 9.83. The van der Waals surface area contributed by atoms with Gasteiger partial charge in [-0.05, 0) is 35.7 Å². The maximum atomic E-state index is 9.76. The van der Waals surface area contributed by atoms with Crippen LogP contribution in [0.5, 0.6) is 5.75 Å². The molecule has 0 aliphatic heterocycles. The van der Waals surface area contributed by atoms with Crippen LogP contribution in [0.1, 0.15) is 12.5 Å². The molecule has 0 aliphatic rings. The van der Waals surface area contributed by atoms with Gasteiger partial charge in [0, 0.05) is 10.6 Å². The molecule has 0 unspecified atom stereocenters. The van der Waals surface area contributed by atoms with E-state index in [4.69, 9.17) is 11.6 Å². The second kappa shape index (κ2) is 4.58. The van der Waals surface area contributed by atoms with Crippen molar-refractivity contribution in [2.24, 2.45) is 0 Å². The van der Waals surface area contributed by atoms with Crippen molar-refractivity contribution in [1.82, 2.24) is 0 Å². The van der Waals surface area contributed by atoms with Gasteiger partial charge in [0.15, 0.2) is 0 Å². The lowest BCUT2D eigenvalue weighted by atomic mass is 10.0. The van der Waals surface area contributed by atoms with Crippen molar-refractivity contribution in [2.75, 3.05) is 0 Å². The van der Waals surface area contributed by atoms with Crippen molar-refractivity contribution in [3.8, 4) is 16.9 Å². The Balaban J connectivity index is 2.45. The van der Waals surface area contributed by atoms with Crippen molar-refractivity contribution < 1.29 is 5.11 Å². The zero-order valence-electron chi connectivity index (χ0n) is 9.07. The lowest BCUT2D eigenvalue weighted by molar-refractivity contribution is 0.477. The van der Waals surface area contributed by atoms with Crippen LogP contribution >= 0.6 is 11.6 Å². The standard InChI is InChI=1S/C14H13ClO/c1-2-10-3-5-11(6-4-10)13-9-12(15)7-8-14(13)16/h3-9,16H,2H2,1H3. The Labute approximate surface area is 100 Å². The summed E-state index contributed by atoms with van der Waals surface area (Å²) in [5, 5.41) is 10.4. The maximum Gasteiger partial charge on any atom is 0.123 e. The second-order valence-corrected chi connectivity index (χ2v) is 4.15. The average molecular weight is 233 g/mol. The molecular formula is C14H13ClO. The predicted molar refractivity (Wildman–Crippen MR) is 67.9 cm³/mol. The van der Waals surface area contributed by atoms with Gasteiger partial charge in [-0.3, -0.25) is 0 Å². The number of aromatic hydroxyl groups is 1. The molecule has 0 spiro atoms. The van der Waals surface area contributed by atoms with Crippen LogP contribution in [-0.4, -0.2) is 5.11 Å². The van der Waals surface area contributed by atoms with Crippen LogP contribution in [0.3, 0.4) is 0 Å². The summed E-state index contributed by atoms with van der Waals surface area (Å²) >= 11 is 5.91. The van der Waals surface area contributed by atoms with Crippen molar-refractivity contribution in [1.29, 1.82) is 0 Å². The van der Waals surface area contributed by atoms with Crippen molar-refractivity contribution in [3.63, 3.8) is 0 Å². The largest absolute Gasteiger partial charge is 0.507 e. The highest BCUT2D eigenvalue weighted by molar-refractivity contribution is 6.31. The Morgan fingerprint density at radius 1 is 1.06 bits per heavy atom. The highest BCUT2D eigenvalue weighted by Gasteiger charge is 2.04. The zero-order chi connectivity index (χ0) is 11.5. The maximum absolute atomic E-state index is 9.76. The second-order valence-electron chi connectivity index (χ2n) is 3.71. The number of benzene rings is 2. The molecule has 0 saturated heterocycles. The van der Waals surface area contributed by atoms with Gasteiger partial charge in [0.25, 0.3) is 0 Å². The van der Waals surface area contributed by atoms with Crippen LogP contribution in [0.25, 0.3) is 11.1 Å². The highest BCUT2D eigenvalue weighted by Crippen LogP contribution is 2.31. The summed E-state index contributed by atoms with van der Waals surface area (Å²) in [7, 11) is 0. The third kappa shape index (κ3) is 2.20. The molecule has 82 valence electrons. The van der Waals surface area contributed by atoms with Gasteiger partial charge < -0.3 is 5.11 Å². The molecule has 0 amide bonds. The van der Waals surface area contributed by atoms with E-state index < -0.39 is 0 Å². The molecular weight excluding hydrogens is 220 g/mol. The van der Waals surface area contributed by atoms with Crippen LogP contribution in [-0.2, 0) is 6.42 Å². The normalized spacial score (nSPS) is 10.4. The average Bonchev–Trinajstić information content (AvgIpc) is 2.32. The molecule has 0 heterocycles. The molecule has 2 aromatic carbocycles. The van der Waals surface area contributed by atoms with Gasteiger partial charge >= 0.3 is 0 Å². The first-order valence-electron chi connectivity index (χ1n) is 5.28. The third-order valence-corrected chi connectivity index (χ3v) is 2.87. The molecule has 0 bridgehead atoms. The minimum atomic E-state index is 0.258. The number of phenols is 1. The molecule has 0 aromatic heterocycles. The van der Waals surface area contributed by atoms with Gasteiger partial charge in [-0.15, -0.1) is 0 Å². The van der Waals surface area contributed by atoms with Crippen molar-refractivity contribution in [3.05, 3.63) is 53.1 Å². The number of halogens is 1. The van der Waals surface area contributed by atoms with Gasteiger partial charge in [-0.2, -0.15) is 0 Å². The quantitative estimate of drug-likeness (QED) is 0.820. The molecule has 1 N–H and O–H groups in total. The summed E-state index contributed by atoms with van der Waals surface area (Å²) in [5.74, 6) is 0.258. The molecule has 2 heteroatoms. The van der Waals surface area contributed by atoms with Gasteiger partial charge in [0.05, 0.1) is 0 Å². The molecule has 16 heavy (non-hydrogen) atoms. The third-order valence-electron chi connectivity index (χ3n) is 2.63. The van der Waals surface area contributed by atoms with E-state index in [0.717, 1.165) is 17.5 Å². The number of aryl methyl sites for hydroxylation is 1. The number of hydrogen-bond donors (Lipinski definition) is 1. The molecule has 0 atom stereocenters. The van der Waals surface area contributed by atoms with Crippen molar-refractivity contribution in [2.45, 2.75) is 13.3 Å². The molecule has 2 aromatic rings. The Hall–Kier alpha value is -1.47. The van der Waals surface area contributed by atoms with Gasteiger partial charge in [0.2, 0.25) is 0 Å². The van der Waals surface area contributed by atoms with E-state index >= 15 is 0 Å². The molecule has 0 saturated carbocycles. The number of hydrogen-bond acceptors (Lipinski definition) is 1. The van der Waals surface area contributed by atoms with E-state index in [2.05, 4.69) is 19.1 Å². The first kappa shape index (κ1) is 11.0. The predicted octanol–water partition coefficient (Wildman–Crippen LogP) is 4.28. The molecule has 2 rings (SSSR count). The van der Waals surface area contributed by atoms with Crippen LogP contribution < -0.4 is 0 Å². The van der Waals surface area contributed by atoms with Crippen LogP contribution in [0.4, 0.5) is 0 Å². The fraction of sp³-hybridized carbons (Fsp3) is 0.143. The number of rotatable bonds is 2. The fourth-order valence-corrected chi connectivity index (χ4v) is 1.83. The molecule has 0 radical (unpaired) electrons. The summed E-state index contributed by atoms with van der Waals surface area (Å²) in [6.07, 6.45) is 1.02. The van der Waals surface area contributed by atoms with Crippen LogP contribution in [0.2, 0.25) is 5.02 Å². The SMILES string of the molecule is CCc1ccc(-c2cc(Cl)ccc2O)cc1. The Kier molecular flexibility index (Phi) is 3.16. The lowest BCUT2D eigenvalue weighted by Gasteiger charge is -2.06. The van der Waals surface area contributed by atoms with Crippen molar-refractivity contribution >= 4 is 11.6 Å². The minimum absolute atomic E-state index is 0.258. The highest BCUT2D eigenvalue weighted by atomic mass is 35.5. The van der Waals surface area contributed by atoms with E-state index in [1.807, 2.05) is 12.1 Å². The fourth-order valence-electron chi connectivity index (χ4n) is 1.66. The first-order valence-corrected chi connectivity index (χ1v) is 5.66. The summed E-state index contributed by atoms with van der Waals surface area (Å²) in [6, 6.07) is 13.2. The lowest BCUT2D eigenvalue weighted by Crippen LogP contribution is -1.82. The van der Waals surface area contributed by atoms with E-state index in [9.17, 15) is 5.11 Å². The summed E-state index contributed by atoms with van der Waals surface area (Å²) in [5.41, 5.74) is 3.04. The van der Waals surface area contributed by atoms with Gasteiger partial charge in [-0.25, -0.2) is 0 Å². The van der Waals surface area contributed by atoms with E-state index in [-0.39, 0.29) is 5.75 Å². The smallest absolute Gasteiger partial charge is 0.123 e. The Morgan fingerprint density at radius 2 is 1.75 bits per heavy atom. The van der Waals surface area contributed by atoms with E-state index in [0.29, 0.717) is 5.02 Å². The summed E-state index contributed by atoms with van der Waals surface area (Å²) in [4.78, 5) is 0. The Bertz CT molecular complexity index is 489. The van der Waals surface area contributed by atoms with Gasteiger partial charge in [0.1, 0.15) is 5.75 Å². The number of phenolic OH excluding ortho intramolecular Hbond substituents is 1. The summed E-state index contributed by atoms with van der Waals surface area (Å²) < 4.78 is 0. The molecule has 0 aliphatic carbocycles. The molecule has 1 nitrogen and oxygen atoms in total. The van der Waals surface area contributed by atoms with Crippen LogP contribution in [0.15, 0.2) is 42.5 Å². The van der Waals surface area contributed by atoms with Gasteiger partial charge in [-0.1, -0.05) is 42.8 Å². The molecule has 0 fully saturated rings. The Morgan fingerprint density at radius 3 is 2.38 bits per heavy atom. The summed E-state index contributed by atoms with van der Waals surface area (Å²) in [6.45, 7) is 2.12.